The van der Waals surface area contributed by atoms with Gasteiger partial charge in [0.2, 0.25) is 0 Å². The molecule has 1 heterocycles. The molecule has 1 aromatic rings. The Kier molecular flexibility index (Phi) is 3.09. The van der Waals surface area contributed by atoms with Crippen molar-refractivity contribution in [2.24, 2.45) is 0 Å². The molecule has 3 heteroatoms. The van der Waals surface area contributed by atoms with Crippen molar-refractivity contribution in [2.75, 3.05) is 5.32 Å². The van der Waals surface area contributed by atoms with Crippen molar-refractivity contribution in [1.29, 1.82) is 0 Å². The van der Waals surface area contributed by atoms with Gasteiger partial charge in [-0.05, 0) is 45.2 Å². The maximum atomic E-state index is 5.69. The van der Waals surface area contributed by atoms with Gasteiger partial charge >= 0.3 is 0 Å². The number of pyridine rings is 1. The first-order chi connectivity index (χ1) is 7.25. The largest absolute Gasteiger partial charge is 0.487 e. The molecular formula is C12H18N2O. The lowest BCUT2D eigenvalue weighted by Gasteiger charge is -2.27. The quantitative estimate of drug-likeness (QED) is 0.822. The molecule has 0 spiro atoms. The summed E-state index contributed by atoms with van der Waals surface area (Å²) in [5.41, 5.74) is 0. The lowest BCUT2D eigenvalue weighted by atomic mass is 9.93. The summed E-state index contributed by atoms with van der Waals surface area (Å²) in [7, 11) is 0. The van der Waals surface area contributed by atoms with Crippen LogP contribution in [0.4, 0.5) is 5.82 Å². The molecule has 0 atom stereocenters. The topological polar surface area (TPSA) is 34.1 Å². The average Bonchev–Trinajstić information content (AvgIpc) is 2.13. The van der Waals surface area contributed by atoms with E-state index in [9.17, 15) is 0 Å². The molecule has 0 radical (unpaired) electrons. The van der Waals surface area contributed by atoms with Crippen LogP contribution < -0.4 is 10.1 Å². The van der Waals surface area contributed by atoms with Gasteiger partial charge in [0.05, 0.1) is 6.10 Å². The molecular weight excluding hydrogens is 188 g/mol. The van der Waals surface area contributed by atoms with Gasteiger partial charge in [-0.25, -0.2) is 4.98 Å². The van der Waals surface area contributed by atoms with Gasteiger partial charge in [-0.15, -0.1) is 0 Å². The summed E-state index contributed by atoms with van der Waals surface area (Å²) in [5.74, 6) is 1.75. The molecule has 0 amide bonds. The van der Waals surface area contributed by atoms with E-state index in [1.165, 1.54) is 19.3 Å². The Hall–Kier alpha value is -1.25. The summed E-state index contributed by atoms with van der Waals surface area (Å²) in [6, 6.07) is 4.46. The second kappa shape index (κ2) is 4.51. The van der Waals surface area contributed by atoms with E-state index >= 15 is 0 Å². The van der Waals surface area contributed by atoms with Crippen LogP contribution in [-0.2, 0) is 0 Å². The van der Waals surface area contributed by atoms with Gasteiger partial charge in [0.15, 0.2) is 11.6 Å². The van der Waals surface area contributed by atoms with Gasteiger partial charge in [0.25, 0.3) is 0 Å². The molecule has 1 aliphatic rings. The van der Waals surface area contributed by atoms with E-state index in [2.05, 4.69) is 10.3 Å². The molecule has 0 saturated heterocycles. The second-order valence-corrected chi connectivity index (χ2v) is 4.29. The normalized spacial score (nSPS) is 16.2. The van der Waals surface area contributed by atoms with Gasteiger partial charge in [-0.2, -0.15) is 0 Å². The van der Waals surface area contributed by atoms with Crippen LogP contribution in [0.2, 0.25) is 0 Å². The first-order valence-corrected chi connectivity index (χ1v) is 5.64. The fraction of sp³-hybridized carbons (Fsp3) is 0.583. The van der Waals surface area contributed by atoms with Gasteiger partial charge in [-0.3, -0.25) is 0 Å². The number of nitrogens with one attached hydrogen (secondary N) is 1. The molecule has 3 nitrogen and oxygen atoms in total. The molecule has 1 saturated carbocycles. The first kappa shape index (κ1) is 10.3. The average molecular weight is 206 g/mol. The lowest BCUT2D eigenvalue weighted by molar-refractivity contribution is 0.242. The Morgan fingerprint density at radius 3 is 2.87 bits per heavy atom. The number of nitrogens with zero attached hydrogens (tertiary/aromatic N) is 1. The van der Waals surface area contributed by atoms with Gasteiger partial charge in [0.1, 0.15) is 0 Å². The summed E-state index contributed by atoms with van der Waals surface area (Å²) in [6.07, 6.45) is 5.81. The van der Waals surface area contributed by atoms with Crippen molar-refractivity contribution in [2.45, 2.75) is 45.3 Å². The predicted molar refractivity (Wildman–Crippen MR) is 61.3 cm³/mol. The Morgan fingerprint density at radius 1 is 1.47 bits per heavy atom. The highest BCUT2D eigenvalue weighted by Crippen LogP contribution is 2.28. The van der Waals surface area contributed by atoms with Crippen molar-refractivity contribution in [1.82, 2.24) is 4.98 Å². The number of hydrogen-bond donors (Lipinski definition) is 1. The maximum absolute atomic E-state index is 5.69. The van der Waals surface area contributed by atoms with Crippen LogP contribution in [0.1, 0.15) is 33.1 Å². The van der Waals surface area contributed by atoms with E-state index in [0.29, 0.717) is 6.04 Å². The Labute approximate surface area is 90.9 Å². The fourth-order valence-corrected chi connectivity index (χ4v) is 1.59. The SMILES string of the molecule is CC(C)Oc1cccnc1NC1CCC1. The fourth-order valence-electron chi connectivity index (χ4n) is 1.59. The van der Waals surface area contributed by atoms with Crippen LogP contribution in [0.15, 0.2) is 18.3 Å². The van der Waals surface area contributed by atoms with E-state index < -0.39 is 0 Å². The second-order valence-electron chi connectivity index (χ2n) is 4.29. The van der Waals surface area contributed by atoms with E-state index in [4.69, 9.17) is 4.74 Å². The zero-order valence-corrected chi connectivity index (χ0v) is 9.36. The van der Waals surface area contributed by atoms with Gasteiger partial charge in [0, 0.05) is 12.2 Å². The summed E-state index contributed by atoms with van der Waals surface area (Å²) in [6.45, 7) is 4.06. The van der Waals surface area contributed by atoms with E-state index in [-0.39, 0.29) is 6.10 Å². The zero-order chi connectivity index (χ0) is 10.7. The maximum Gasteiger partial charge on any atom is 0.168 e. The molecule has 0 aliphatic heterocycles. The number of hydrogen-bond acceptors (Lipinski definition) is 3. The van der Waals surface area contributed by atoms with Crippen LogP contribution in [-0.4, -0.2) is 17.1 Å². The summed E-state index contributed by atoms with van der Waals surface area (Å²) < 4.78 is 5.69. The highest BCUT2D eigenvalue weighted by Gasteiger charge is 2.19. The molecule has 1 N–H and O–H groups in total. The Balaban J connectivity index is 2.06. The standard InChI is InChI=1S/C12H18N2O/c1-9(2)15-11-7-4-8-13-12(11)14-10-5-3-6-10/h4,7-10H,3,5-6H2,1-2H3,(H,13,14). The Morgan fingerprint density at radius 2 is 2.27 bits per heavy atom. The molecule has 1 aliphatic carbocycles. The first-order valence-electron chi connectivity index (χ1n) is 5.64. The molecule has 1 fully saturated rings. The van der Waals surface area contributed by atoms with Crippen molar-refractivity contribution in [3.63, 3.8) is 0 Å². The number of rotatable bonds is 4. The summed E-state index contributed by atoms with van der Waals surface area (Å²) in [4.78, 5) is 4.32. The van der Waals surface area contributed by atoms with Crippen molar-refractivity contribution in [3.8, 4) is 5.75 Å². The van der Waals surface area contributed by atoms with Crippen molar-refractivity contribution >= 4 is 5.82 Å². The molecule has 1 aromatic heterocycles. The van der Waals surface area contributed by atoms with Crippen molar-refractivity contribution < 1.29 is 4.74 Å². The number of ether oxygens (including phenoxy) is 1. The van der Waals surface area contributed by atoms with E-state index in [0.717, 1.165) is 11.6 Å². The number of anilines is 1. The smallest absolute Gasteiger partial charge is 0.168 e. The summed E-state index contributed by atoms with van der Waals surface area (Å²) in [5, 5.41) is 3.42. The third kappa shape index (κ3) is 2.61. The van der Waals surface area contributed by atoms with Crippen molar-refractivity contribution in [3.05, 3.63) is 18.3 Å². The zero-order valence-electron chi connectivity index (χ0n) is 9.36. The van der Waals surface area contributed by atoms with E-state index in [1.807, 2.05) is 26.0 Å². The monoisotopic (exact) mass is 206 g/mol. The van der Waals surface area contributed by atoms with Gasteiger partial charge < -0.3 is 10.1 Å². The highest BCUT2D eigenvalue weighted by atomic mass is 16.5. The minimum Gasteiger partial charge on any atom is -0.487 e. The molecule has 0 aromatic carbocycles. The molecule has 82 valence electrons. The van der Waals surface area contributed by atoms with Crippen LogP contribution in [0.3, 0.4) is 0 Å². The number of aromatic nitrogens is 1. The van der Waals surface area contributed by atoms with Gasteiger partial charge in [-0.1, -0.05) is 0 Å². The minimum atomic E-state index is 0.191. The predicted octanol–water partition coefficient (Wildman–Crippen LogP) is 2.83. The van der Waals surface area contributed by atoms with Crippen LogP contribution in [0, 0.1) is 0 Å². The lowest BCUT2D eigenvalue weighted by Crippen LogP contribution is -2.27. The minimum absolute atomic E-state index is 0.191. The van der Waals surface area contributed by atoms with Crippen LogP contribution in [0.25, 0.3) is 0 Å². The third-order valence-corrected chi connectivity index (χ3v) is 2.58. The molecule has 2 rings (SSSR count). The van der Waals surface area contributed by atoms with Crippen LogP contribution >= 0.6 is 0 Å². The van der Waals surface area contributed by atoms with E-state index in [1.54, 1.807) is 6.20 Å². The molecule has 0 unspecified atom stereocenters. The third-order valence-electron chi connectivity index (χ3n) is 2.58. The summed E-state index contributed by atoms with van der Waals surface area (Å²) >= 11 is 0. The Bertz CT molecular complexity index is 321. The highest BCUT2D eigenvalue weighted by molar-refractivity contribution is 5.50. The molecule has 0 bridgehead atoms. The molecule has 15 heavy (non-hydrogen) atoms. The van der Waals surface area contributed by atoms with Crippen LogP contribution in [0.5, 0.6) is 5.75 Å².